The summed E-state index contributed by atoms with van der Waals surface area (Å²) < 4.78 is 54.9. The van der Waals surface area contributed by atoms with Crippen LogP contribution in [0.15, 0.2) is 40.9 Å². The van der Waals surface area contributed by atoms with E-state index in [-0.39, 0.29) is 30.2 Å². The largest absolute Gasteiger partial charge is 0.399 e. The minimum absolute atomic E-state index is 0.181. The Bertz CT molecular complexity index is 1060. The summed E-state index contributed by atoms with van der Waals surface area (Å²) >= 11 is 14.6. The molecular formula is C22H20BrCl2F4N3O2. The standard InChI is InChI=1S/C22H20BrCl2F4N3O2/c1-2-30-21(34)32-8-7-31-20(33)14-5-3-12(9-16(14)23)4-6-15(22(27,28)29)13-10-17(24)19(26)18(25)11-13/h3-6,9-11,15H,2,7-8H2,1H3,(H,31,33)(H2,30,32,34). The summed E-state index contributed by atoms with van der Waals surface area (Å²) in [5.41, 5.74) is 0.339. The molecule has 3 N–H and O–H groups in total. The molecule has 0 aliphatic heterocycles. The van der Waals surface area contributed by atoms with Crippen LogP contribution in [0.25, 0.3) is 6.08 Å². The molecule has 1 atom stereocenters. The van der Waals surface area contributed by atoms with Gasteiger partial charge in [0.1, 0.15) is 0 Å². The number of carbonyl (C=O) groups excluding carboxylic acids is 2. The molecule has 0 bridgehead atoms. The van der Waals surface area contributed by atoms with Crippen LogP contribution in [-0.4, -0.2) is 37.7 Å². The van der Waals surface area contributed by atoms with Crippen molar-refractivity contribution in [2.75, 3.05) is 19.6 Å². The second kappa shape index (κ2) is 12.4. The fourth-order valence-corrected chi connectivity index (χ4v) is 3.94. The van der Waals surface area contributed by atoms with Gasteiger partial charge in [0.05, 0.1) is 21.5 Å². The molecular weight excluding hydrogens is 565 g/mol. The van der Waals surface area contributed by atoms with Crippen LogP contribution in [0.3, 0.4) is 0 Å². The average Bonchev–Trinajstić information content (AvgIpc) is 2.74. The molecule has 1 unspecified atom stereocenters. The first-order valence-corrected chi connectivity index (χ1v) is 11.5. The molecule has 5 nitrogen and oxygen atoms in total. The number of benzene rings is 2. The highest BCUT2D eigenvalue weighted by Gasteiger charge is 2.39. The van der Waals surface area contributed by atoms with Crippen LogP contribution >= 0.6 is 39.1 Å². The van der Waals surface area contributed by atoms with Crippen molar-refractivity contribution >= 4 is 57.1 Å². The van der Waals surface area contributed by atoms with Gasteiger partial charge in [-0.15, -0.1) is 0 Å². The molecule has 0 heterocycles. The van der Waals surface area contributed by atoms with E-state index in [2.05, 4.69) is 31.9 Å². The second-order valence-electron chi connectivity index (χ2n) is 6.96. The van der Waals surface area contributed by atoms with Gasteiger partial charge in [0, 0.05) is 24.1 Å². The predicted octanol–water partition coefficient (Wildman–Crippen LogP) is 6.30. The van der Waals surface area contributed by atoms with E-state index >= 15 is 0 Å². The molecule has 0 saturated carbocycles. The third kappa shape index (κ3) is 7.89. The van der Waals surface area contributed by atoms with Crippen molar-refractivity contribution in [1.82, 2.24) is 16.0 Å². The maximum absolute atomic E-state index is 13.6. The Morgan fingerprint density at radius 3 is 2.24 bits per heavy atom. The summed E-state index contributed by atoms with van der Waals surface area (Å²) in [4.78, 5) is 23.6. The molecule has 0 saturated heterocycles. The van der Waals surface area contributed by atoms with Gasteiger partial charge in [-0.25, -0.2) is 9.18 Å². The van der Waals surface area contributed by atoms with Crippen LogP contribution in [0, 0.1) is 5.82 Å². The summed E-state index contributed by atoms with van der Waals surface area (Å²) in [6.07, 6.45) is -2.55. The first kappa shape index (κ1) is 27.9. The van der Waals surface area contributed by atoms with Crippen LogP contribution in [0.5, 0.6) is 0 Å². The Kier molecular flexibility index (Phi) is 10.2. The molecule has 34 heavy (non-hydrogen) atoms. The van der Waals surface area contributed by atoms with Gasteiger partial charge in [-0.2, -0.15) is 13.2 Å². The number of hydrogen-bond acceptors (Lipinski definition) is 2. The summed E-state index contributed by atoms with van der Waals surface area (Å²) in [6, 6.07) is 5.82. The fraction of sp³-hybridized carbons (Fsp3) is 0.273. The maximum Gasteiger partial charge on any atom is 0.399 e. The normalized spacial score (nSPS) is 12.5. The predicted molar refractivity (Wildman–Crippen MR) is 128 cm³/mol. The van der Waals surface area contributed by atoms with E-state index in [4.69, 9.17) is 23.2 Å². The van der Waals surface area contributed by atoms with Crippen LogP contribution in [0.4, 0.5) is 22.4 Å². The number of rotatable bonds is 8. The minimum Gasteiger partial charge on any atom is -0.350 e. The Balaban J connectivity index is 2.12. The van der Waals surface area contributed by atoms with Gasteiger partial charge in [0.25, 0.3) is 5.91 Å². The third-order valence-electron chi connectivity index (χ3n) is 4.47. The molecule has 184 valence electrons. The van der Waals surface area contributed by atoms with E-state index in [0.717, 1.165) is 18.2 Å². The molecule has 0 aliphatic rings. The van der Waals surface area contributed by atoms with E-state index in [1.807, 2.05) is 0 Å². The van der Waals surface area contributed by atoms with Gasteiger partial charge in [-0.1, -0.05) is 41.4 Å². The summed E-state index contributed by atoms with van der Waals surface area (Å²) in [5.74, 6) is -3.50. The molecule has 3 amide bonds. The van der Waals surface area contributed by atoms with E-state index in [9.17, 15) is 27.2 Å². The van der Waals surface area contributed by atoms with Gasteiger partial charge >= 0.3 is 12.2 Å². The zero-order valence-electron chi connectivity index (χ0n) is 17.7. The van der Waals surface area contributed by atoms with Gasteiger partial charge in [-0.3, -0.25) is 4.79 Å². The van der Waals surface area contributed by atoms with E-state index in [1.165, 1.54) is 24.3 Å². The smallest absolute Gasteiger partial charge is 0.350 e. The summed E-state index contributed by atoms with van der Waals surface area (Å²) in [6.45, 7) is 2.64. The Hall–Kier alpha value is -2.30. The Labute approximate surface area is 212 Å². The highest BCUT2D eigenvalue weighted by molar-refractivity contribution is 9.10. The third-order valence-corrected chi connectivity index (χ3v) is 5.68. The number of alkyl halides is 3. The van der Waals surface area contributed by atoms with Gasteiger partial charge < -0.3 is 16.0 Å². The number of nitrogens with one attached hydrogen (secondary N) is 3. The van der Waals surface area contributed by atoms with Crippen molar-refractivity contribution in [3.63, 3.8) is 0 Å². The minimum atomic E-state index is -4.68. The average molecular weight is 585 g/mol. The van der Waals surface area contributed by atoms with Gasteiger partial charge in [0.15, 0.2) is 5.82 Å². The summed E-state index contributed by atoms with van der Waals surface area (Å²) in [7, 11) is 0. The van der Waals surface area contributed by atoms with Crippen molar-refractivity contribution in [2.45, 2.75) is 19.0 Å². The number of allylic oxidation sites excluding steroid dienone is 1. The SMILES string of the molecule is CCNC(=O)NCCNC(=O)c1ccc(C=CC(c2cc(Cl)c(F)c(Cl)c2)C(F)(F)F)cc1Br. The molecule has 0 aromatic heterocycles. The monoisotopic (exact) mass is 583 g/mol. The number of halogens is 7. The van der Waals surface area contributed by atoms with Crippen LogP contribution < -0.4 is 16.0 Å². The highest BCUT2D eigenvalue weighted by Crippen LogP contribution is 2.39. The van der Waals surface area contributed by atoms with E-state index in [0.29, 0.717) is 16.6 Å². The molecule has 0 radical (unpaired) electrons. The maximum atomic E-state index is 13.6. The first-order chi connectivity index (χ1) is 15.9. The lowest BCUT2D eigenvalue weighted by Crippen LogP contribution is -2.40. The molecule has 0 fully saturated rings. The molecule has 0 spiro atoms. The van der Waals surface area contributed by atoms with Crippen molar-refractivity contribution in [1.29, 1.82) is 0 Å². The lowest BCUT2D eigenvalue weighted by Gasteiger charge is -2.18. The zero-order chi connectivity index (χ0) is 25.5. The first-order valence-electron chi connectivity index (χ1n) is 9.92. The summed E-state index contributed by atoms with van der Waals surface area (Å²) in [5, 5.41) is 6.72. The zero-order valence-corrected chi connectivity index (χ0v) is 20.8. The van der Waals surface area contributed by atoms with Crippen molar-refractivity contribution in [2.24, 2.45) is 0 Å². The lowest BCUT2D eigenvalue weighted by molar-refractivity contribution is -0.139. The molecule has 2 aromatic carbocycles. The van der Waals surface area contributed by atoms with Gasteiger partial charge in [-0.05, 0) is 58.2 Å². The van der Waals surface area contributed by atoms with Crippen molar-refractivity contribution in [3.05, 3.63) is 73.4 Å². The quantitative estimate of drug-likeness (QED) is 0.193. The van der Waals surface area contributed by atoms with Crippen LogP contribution in [0.2, 0.25) is 10.0 Å². The number of amides is 3. The highest BCUT2D eigenvalue weighted by atomic mass is 79.9. The molecule has 2 rings (SSSR count). The number of carbonyl (C=O) groups is 2. The van der Waals surface area contributed by atoms with E-state index < -0.39 is 33.9 Å². The molecule has 2 aromatic rings. The Morgan fingerprint density at radius 2 is 1.68 bits per heavy atom. The Morgan fingerprint density at radius 1 is 1.06 bits per heavy atom. The second-order valence-corrected chi connectivity index (χ2v) is 8.63. The topological polar surface area (TPSA) is 70.2 Å². The number of urea groups is 1. The van der Waals surface area contributed by atoms with Crippen molar-refractivity contribution in [3.8, 4) is 0 Å². The lowest BCUT2D eigenvalue weighted by atomic mass is 9.97. The van der Waals surface area contributed by atoms with Crippen LogP contribution in [0.1, 0.15) is 34.3 Å². The van der Waals surface area contributed by atoms with Gasteiger partial charge in [0.2, 0.25) is 0 Å². The van der Waals surface area contributed by atoms with Crippen molar-refractivity contribution < 1.29 is 27.2 Å². The molecule has 0 aliphatic carbocycles. The fourth-order valence-electron chi connectivity index (χ4n) is 2.86. The number of hydrogen-bond donors (Lipinski definition) is 3. The van der Waals surface area contributed by atoms with E-state index in [1.54, 1.807) is 6.92 Å². The molecule has 12 heteroatoms. The van der Waals surface area contributed by atoms with Crippen LogP contribution in [-0.2, 0) is 0 Å².